The molecule has 6 heteroatoms. The van der Waals surface area contributed by atoms with Gasteiger partial charge in [0.25, 0.3) is 0 Å². The maximum Gasteiger partial charge on any atom is 0.412 e. The van der Waals surface area contributed by atoms with Crippen molar-refractivity contribution in [2.45, 2.75) is 26.4 Å². The highest BCUT2D eigenvalue weighted by Gasteiger charge is 2.21. The molecule has 0 aliphatic rings. The molecule has 0 radical (unpaired) electrons. The molecule has 2 rings (SSSR count). The van der Waals surface area contributed by atoms with Crippen molar-refractivity contribution in [1.82, 2.24) is 4.98 Å². The minimum Gasteiger partial charge on any atom is -0.464 e. The molecular weight excluding hydrogens is 332 g/mol. The van der Waals surface area contributed by atoms with Crippen LogP contribution in [0, 0.1) is 0 Å². The Balaban J connectivity index is 2.43. The molecule has 26 heavy (non-hydrogen) atoms. The first kappa shape index (κ1) is 19.2. The number of nitrogens with one attached hydrogen (secondary N) is 1. The van der Waals surface area contributed by atoms with Crippen molar-refractivity contribution in [2.75, 3.05) is 12.4 Å². The SMILES string of the molecule is C=Cc1cccc(-c2cnc(C(=O)OC)c(NC(=O)OC(C)(C)C)c2)c1. The van der Waals surface area contributed by atoms with Gasteiger partial charge in [0.05, 0.1) is 12.8 Å². The Labute approximate surface area is 152 Å². The summed E-state index contributed by atoms with van der Waals surface area (Å²) >= 11 is 0. The Bertz CT molecular complexity index is 838. The molecule has 1 aromatic carbocycles. The standard InChI is InChI=1S/C20H22N2O4/c1-6-13-8-7-9-14(10-13)15-11-16(17(21-12-15)18(23)25-5)22-19(24)26-20(2,3)4/h6-12H,1H2,2-5H3,(H,22,24). The molecule has 0 spiro atoms. The first-order valence-corrected chi connectivity index (χ1v) is 8.04. The van der Waals surface area contributed by atoms with Crippen LogP contribution in [-0.2, 0) is 9.47 Å². The number of benzene rings is 1. The Morgan fingerprint density at radius 2 is 1.92 bits per heavy atom. The Kier molecular flexibility index (Phi) is 5.77. The summed E-state index contributed by atoms with van der Waals surface area (Å²) in [4.78, 5) is 28.2. The van der Waals surface area contributed by atoms with Crippen molar-refractivity contribution in [2.24, 2.45) is 0 Å². The van der Waals surface area contributed by atoms with Crippen molar-refractivity contribution in [1.29, 1.82) is 0 Å². The zero-order valence-electron chi connectivity index (χ0n) is 15.3. The molecule has 1 aromatic heterocycles. The molecule has 0 unspecified atom stereocenters. The minimum absolute atomic E-state index is 0.00184. The molecule has 6 nitrogen and oxygen atoms in total. The molecule has 1 amide bonds. The fraction of sp³-hybridized carbons (Fsp3) is 0.250. The molecule has 2 aromatic rings. The van der Waals surface area contributed by atoms with Gasteiger partial charge in [-0.3, -0.25) is 5.32 Å². The van der Waals surface area contributed by atoms with E-state index in [9.17, 15) is 9.59 Å². The largest absolute Gasteiger partial charge is 0.464 e. The number of anilines is 1. The third kappa shape index (κ3) is 4.92. The van der Waals surface area contributed by atoms with E-state index >= 15 is 0 Å². The van der Waals surface area contributed by atoms with Gasteiger partial charge in [0.2, 0.25) is 0 Å². The van der Waals surface area contributed by atoms with Crippen LogP contribution in [-0.4, -0.2) is 29.8 Å². The maximum absolute atomic E-state index is 12.1. The molecule has 0 bridgehead atoms. The molecule has 136 valence electrons. The smallest absolute Gasteiger partial charge is 0.412 e. The second-order valence-corrected chi connectivity index (χ2v) is 6.57. The predicted molar refractivity (Wildman–Crippen MR) is 101 cm³/mol. The number of rotatable bonds is 4. The molecule has 1 N–H and O–H groups in total. The Hall–Kier alpha value is -3.15. The summed E-state index contributed by atoms with van der Waals surface area (Å²) in [5.74, 6) is -0.651. The minimum atomic E-state index is -0.679. The number of amides is 1. The third-order valence-electron chi connectivity index (χ3n) is 3.36. The molecular formula is C20H22N2O4. The van der Waals surface area contributed by atoms with E-state index < -0.39 is 17.7 Å². The molecule has 0 aliphatic heterocycles. The molecule has 1 heterocycles. The number of esters is 1. The molecule has 0 fully saturated rings. The van der Waals surface area contributed by atoms with E-state index in [1.165, 1.54) is 7.11 Å². The van der Waals surface area contributed by atoms with E-state index in [4.69, 9.17) is 9.47 Å². The van der Waals surface area contributed by atoms with Gasteiger partial charge < -0.3 is 9.47 Å². The zero-order valence-corrected chi connectivity index (χ0v) is 15.3. The fourth-order valence-corrected chi connectivity index (χ4v) is 2.24. The van der Waals surface area contributed by atoms with E-state index in [-0.39, 0.29) is 11.4 Å². The summed E-state index contributed by atoms with van der Waals surface area (Å²) in [5.41, 5.74) is 2.10. The average Bonchev–Trinajstić information content (AvgIpc) is 2.59. The molecule has 0 aliphatic carbocycles. The van der Waals surface area contributed by atoms with Crippen LogP contribution < -0.4 is 5.32 Å². The molecule has 0 saturated carbocycles. The van der Waals surface area contributed by atoms with Crippen molar-refractivity contribution < 1.29 is 19.1 Å². The van der Waals surface area contributed by atoms with Crippen LogP contribution in [0.5, 0.6) is 0 Å². The number of methoxy groups -OCH3 is 1. The monoisotopic (exact) mass is 354 g/mol. The van der Waals surface area contributed by atoms with Crippen LogP contribution in [0.3, 0.4) is 0 Å². The Morgan fingerprint density at radius 3 is 2.54 bits per heavy atom. The summed E-state index contributed by atoms with van der Waals surface area (Å²) in [6.07, 6.45) is 2.61. The lowest BCUT2D eigenvalue weighted by molar-refractivity contribution is 0.0595. The van der Waals surface area contributed by atoms with Gasteiger partial charge in [-0.15, -0.1) is 0 Å². The van der Waals surface area contributed by atoms with Crippen LogP contribution in [0.4, 0.5) is 10.5 Å². The van der Waals surface area contributed by atoms with Gasteiger partial charge in [0.15, 0.2) is 5.69 Å². The van der Waals surface area contributed by atoms with Crippen LogP contribution in [0.15, 0.2) is 43.1 Å². The number of aromatic nitrogens is 1. The summed E-state index contributed by atoms with van der Waals surface area (Å²) in [7, 11) is 1.25. The van der Waals surface area contributed by atoms with Gasteiger partial charge in [0, 0.05) is 11.8 Å². The number of carbonyl (C=O) groups excluding carboxylic acids is 2. The topological polar surface area (TPSA) is 77.5 Å². The number of hydrogen-bond donors (Lipinski definition) is 1. The number of pyridine rings is 1. The maximum atomic E-state index is 12.1. The van der Waals surface area contributed by atoms with Crippen LogP contribution >= 0.6 is 0 Å². The molecule has 0 saturated heterocycles. The first-order chi connectivity index (χ1) is 12.2. The third-order valence-corrected chi connectivity index (χ3v) is 3.36. The highest BCUT2D eigenvalue weighted by Crippen LogP contribution is 2.26. The van der Waals surface area contributed by atoms with Crippen molar-refractivity contribution >= 4 is 23.8 Å². The van der Waals surface area contributed by atoms with E-state index in [0.29, 0.717) is 0 Å². The van der Waals surface area contributed by atoms with Gasteiger partial charge in [-0.1, -0.05) is 30.9 Å². The van der Waals surface area contributed by atoms with E-state index in [0.717, 1.165) is 16.7 Å². The van der Waals surface area contributed by atoms with Crippen LogP contribution in [0.1, 0.15) is 36.8 Å². The number of carbonyl (C=O) groups is 2. The van der Waals surface area contributed by atoms with Gasteiger partial charge in [-0.2, -0.15) is 0 Å². The summed E-state index contributed by atoms with van der Waals surface area (Å²) in [6.45, 7) is 9.01. The Morgan fingerprint density at radius 1 is 1.19 bits per heavy atom. The zero-order chi connectivity index (χ0) is 19.3. The van der Waals surface area contributed by atoms with Crippen molar-refractivity contribution in [3.05, 3.63) is 54.4 Å². The normalized spacial score (nSPS) is 10.8. The lowest BCUT2D eigenvalue weighted by Gasteiger charge is -2.20. The molecule has 0 atom stereocenters. The number of hydrogen-bond acceptors (Lipinski definition) is 5. The fourth-order valence-electron chi connectivity index (χ4n) is 2.24. The van der Waals surface area contributed by atoms with Crippen molar-refractivity contribution in [3.8, 4) is 11.1 Å². The summed E-state index contributed by atoms with van der Waals surface area (Å²) < 4.78 is 9.98. The summed E-state index contributed by atoms with van der Waals surface area (Å²) in [6, 6.07) is 9.30. The van der Waals surface area contributed by atoms with E-state index in [1.54, 1.807) is 39.1 Å². The van der Waals surface area contributed by atoms with Gasteiger partial charge in [-0.25, -0.2) is 14.6 Å². The van der Waals surface area contributed by atoms with Gasteiger partial charge in [-0.05, 0) is 44.0 Å². The first-order valence-electron chi connectivity index (χ1n) is 8.04. The highest BCUT2D eigenvalue weighted by atomic mass is 16.6. The van der Waals surface area contributed by atoms with Crippen LogP contribution in [0.25, 0.3) is 17.2 Å². The second-order valence-electron chi connectivity index (χ2n) is 6.57. The van der Waals surface area contributed by atoms with Crippen LogP contribution in [0.2, 0.25) is 0 Å². The van der Waals surface area contributed by atoms with Crippen molar-refractivity contribution in [3.63, 3.8) is 0 Å². The predicted octanol–water partition coefficient (Wildman–Crippen LogP) is 4.53. The number of nitrogens with zero attached hydrogens (tertiary/aromatic N) is 1. The van der Waals surface area contributed by atoms with E-state index in [1.807, 2.05) is 24.3 Å². The quantitative estimate of drug-likeness (QED) is 0.817. The number of ether oxygens (including phenoxy) is 2. The highest BCUT2D eigenvalue weighted by molar-refractivity contribution is 5.99. The van der Waals surface area contributed by atoms with E-state index in [2.05, 4.69) is 16.9 Å². The average molecular weight is 354 g/mol. The second kappa shape index (κ2) is 7.82. The lowest BCUT2D eigenvalue weighted by atomic mass is 10.0. The lowest BCUT2D eigenvalue weighted by Crippen LogP contribution is -2.28. The summed E-state index contributed by atoms with van der Waals surface area (Å²) in [5, 5.41) is 2.58. The van der Waals surface area contributed by atoms with Gasteiger partial charge >= 0.3 is 12.1 Å². The van der Waals surface area contributed by atoms with Gasteiger partial charge in [0.1, 0.15) is 5.60 Å².